The molecule has 1 heterocycles. The highest BCUT2D eigenvalue weighted by Gasteiger charge is 2.32. The number of para-hydroxylation sites is 1. The lowest BCUT2D eigenvalue weighted by atomic mass is 9.84. The summed E-state index contributed by atoms with van der Waals surface area (Å²) >= 11 is 0. The van der Waals surface area contributed by atoms with E-state index in [2.05, 4.69) is 4.90 Å². The van der Waals surface area contributed by atoms with Crippen molar-refractivity contribution in [1.29, 1.82) is 0 Å². The van der Waals surface area contributed by atoms with Gasteiger partial charge in [-0.1, -0.05) is 30.3 Å². The van der Waals surface area contributed by atoms with Crippen LogP contribution < -0.4 is 4.74 Å². The van der Waals surface area contributed by atoms with Crippen molar-refractivity contribution in [3.63, 3.8) is 0 Å². The predicted octanol–water partition coefficient (Wildman–Crippen LogP) is 4.55. The van der Waals surface area contributed by atoms with Gasteiger partial charge in [-0.05, 0) is 44.3 Å². The minimum atomic E-state index is -4.31. The van der Waals surface area contributed by atoms with Crippen molar-refractivity contribution in [3.05, 3.63) is 65.2 Å². The van der Waals surface area contributed by atoms with Crippen LogP contribution in [0, 0.1) is 0 Å². The van der Waals surface area contributed by atoms with Gasteiger partial charge in [0.25, 0.3) is 0 Å². The second kappa shape index (κ2) is 6.48. The van der Waals surface area contributed by atoms with Crippen LogP contribution in [0.4, 0.5) is 13.2 Å². The lowest BCUT2D eigenvalue weighted by Gasteiger charge is -2.34. The standard InChI is InChI=1S/C19H20F3NO/c1-23(2)12-15-11-17(16-5-3-4-6-18(16)24-15)13-7-9-14(10-8-13)19(20,21)22/h3-10,15,17H,11-12H2,1-2H3. The average Bonchev–Trinajstić information content (AvgIpc) is 2.53. The lowest BCUT2D eigenvalue weighted by molar-refractivity contribution is -0.137. The Hall–Kier alpha value is -2.01. The summed E-state index contributed by atoms with van der Waals surface area (Å²) in [5, 5.41) is 0. The molecule has 0 N–H and O–H groups in total. The second-order valence-corrected chi connectivity index (χ2v) is 6.45. The topological polar surface area (TPSA) is 12.5 Å². The molecule has 0 radical (unpaired) electrons. The minimum absolute atomic E-state index is 0.0159. The normalized spacial score (nSPS) is 20.6. The quantitative estimate of drug-likeness (QED) is 0.816. The highest BCUT2D eigenvalue weighted by atomic mass is 19.4. The number of likely N-dealkylation sites (N-methyl/N-ethyl adjacent to an activating group) is 1. The first-order valence-corrected chi connectivity index (χ1v) is 7.92. The molecule has 5 heteroatoms. The number of rotatable bonds is 3. The molecule has 0 spiro atoms. The zero-order valence-electron chi connectivity index (χ0n) is 13.7. The monoisotopic (exact) mass is 335 g/mol. The number of benzene rings is 2. The van der Waals surface area contributed by atoms with Crippen LogP contribution in [-0.2, 0) is 6.18 Å². The predicted molar refractivity (Wildman–Crippen MR) is 87.3 cm³/mol. The van der Waals surface area contributed by atoms with Gasteiger partial charge in [-0.2, -0.15) is 13.2 Å². The molecule has 0 aliphatic carbocycles. The summed E-state index contributed by atoms with van der Waals surface area (Å²) in [6.07, 6.45) is -3.54. The first-order valence-electron chi connectivity index (χ1n) is 7.92. The first-order chi connectivity index (χ1) is 11.3. The van der Waals surface area contributed by atoms with Crippen LogP contribution in [0.2, 0.25) is 0 Å². The van der Waals surface area contributed by atoms with Gasteiger partial charge >= 0.3 is 6.18 Å². The average molecular weight is 335 g/mol. The third-order valence-corrected chi connectivity index (χ3v) is 4.30. The highest BCUT2D eigenvalue weighted by Crippen LogP contribution is 2.41. The summed E-state index contributed by atoms with van der Waals surface area (Å²) in [5.74, 6) is 0.864. The van der Waals surface area contributed by atoms with E-state index in [0.29, 0.717) is 0 Å². The van der Waals surface area contributed by atoms with E-state index in [0.717, 1.165) is 42.0 Å². The fraction of sp³-hybridized carbons (Fsp3) is 0.368. The van der Waals surface area contributed by atoms with Crippen LogP contribution in [0.25, 0.3) is 0 Å². The zero-order valence-corrected chi connectivity index (χ0v) is 13.7. The van der Waals surface area contributed by atoms with Gasteiger partial charge in [-0.25, -0.2) is 0 Å². The van der Waals surface area contributed by atoms with E-state index < -0.39 is 11.7 Å². The van der Waals surface area contributed by atoms with Crippen LogP contribution in [0.5, 0.6) is 5.75 Å². The molecule has 2 atom stereocenters. The molecule has 0 aromatic heterocycles. The van der Waals surface area contributed by atoms with Crippen molar-refractivity contribution >= 4 is 0 Å². The fourth-order valence-electron chi connectivity index (χ4n) is 3.23. The van der Waals surface area contributed by atoms with E-state index in [1.807, 2.05) is 38.4 Å². The Labute approximate surface area is 139 Å². The summed E-state index contributed by atoms with van der Waals surface area (Å²) < 4.78 is 44.4. The Morgan fingerprint density at radius 3 is 2.33 bits per heavy atom. The zero-order chi connectivity index (χ0) is 17.3. The molecular formula is C19H20F3NO. The van der Waals surface area contributed by atoms with Gasteiger partial charge in [0.1, 0.15) is 11.9 Å². The van der Waals surface area contributed by atoms with Crippen molar-refractivity contribution in [3.8, 4) is 5.75 Å². The maximum atomic E-state index is 12.8. The third-order valence-electron chi connectivity index (χ3n) is 4.30. The molecule has 0 saturated heterocycles. The van der Waals surface area contributed by atoms with E-state index >= 15 is 0 Å². The number of alkyl halides is 3. The third kappa shape index (κ3) is 3.56. The summed E-state index contributed by atoms with van der Waals surface area (Å²) in [7, 11) is 3.97. The highest BCUT2D eigenvalue weighted by molar-refractivity contribution is 5.44. The maximum Gasteiger partial charge on any atom is 0.416 e. The molecular weight excluding hydrogens is 315 g/mol. The van der Waals surface area contributed by atoms with Gasteiger partial charge in [0.05, 0.1) is 5.56 Å². The van der Waals surface area contributed by atoms with Gasteiger partial charge in [0.2, 0.25) is 0 Å². The molecule has 2 unspecified atom stereocenters. The fourth-order valence-corrected chi connectivity index (χ4v) is 3.23. The number of halogens is 3. The number of fused-ring (bicyclic) bond motifs is 1. The van der Waals surface area contributed by atoms with E-state index in [1.165, 1.54) is 0 Å². The van der Waals surface area contributed by atoms with E-state index in [4.69, 9.17) is 4.74 Å². The number of nitrogens with zero attached hydrogens (tertiary/aromatic N) is 1. The Balaban J connectivity index is 1.93. The molecule has 0 saturated carbocycles. The molecule has 24 heavy (non-hydrogen) atoms. The van der Waals surface area contributed by atoms with Crippen molar-refractivity contribution < 1.29 is 17.9 Å². The summed E-state index contributed by atoms with van der Waals surface area (Å²) in [5.41, 5.74) is 1.31. The van der Waals surface area contributed by atoms with Gasteiger partial charge in [-0.15, -0.1) is 0 Å². The molecule has 0 amide bonds. The Morgan fingerprint density at radius 2 is 1.71 bits per heavy atom. The number of hydrogen-bond acceptors (Lipinski definition) is 2. The van der Waals surface area contributed by atoms with E-state index in [-0.39, 0.29) is 12.0 Å². The molecule has 2 aromatic rings. The van der Waals surface area contributed by atoms with Crippen molar-refractivity contribution in [2.75, 3.05) is 20.6 Å². The van der Waals surface area contributed by atoms with Crippen LogP contribution in [-0.4, -0.2) is 31.6 Å². The molecule has 1 aliphatic rings. The summed E-state index contributed by atoms with van der Waals surface area (Å²) in [4.78, 5) is 2.06. The SMILES string of the molecule is CN(C)CC1CC(c2ccc(C(F)(F)F)cc2)c2ccccc2O1. The van der Waals surface area contributed by atoms with Gasteiger partial charge in [0, 0.05) is 18.0 Å². The second-order valence-electron chi connectivity index (χ2n) is 6.45. The Kier molecular flexibility index (Phi) is 4.54. The number of ether oxygens (including phenoxy) is 1. The van der Waals surface area contributed by atoms with Crippen LogP contribution >= 0.6 is 0 Å². The molecule has 2 nitrogen and oxygen atoms in total. The summed E-state index contributed by atoms with van der Waals surface area (Å²) in [6, 6.07) is 13.3. The van der Waals surface area contributed by atoms with E-state index in [9.17, 15) is 13.2 Å². The molecule has 0 fully saturated rings. The van der Waals surface area contributed by atoms with Crippen LogP contribution in [0.3, 0.4) is 0 Å². The van der Waals surface area contributed by atoms with Crippen molar-refractivity contribution in [1.82, 2.24) is 4.90 Å². The van der Waals surface area contributed by atoms with Crippen molar-refractivity contribution in [2.45, 2.75) is 24.6 Å². The maximum absolute atomic E-state index is 12.8. The molecule has 3 rings (SSSR count). The molecule has 2 aromatic carbocycles. The van der Waals surface area contributed by atoms with Crippen LogP contribution in [0.15, 0.2) is 48.5 Å². The summed E-state index contributed by atoms with van der Waals surface area (Å²) in [6.45, 7) is 0.769. The van der Waals surface area contributed by atoms with E-state index in [1.54, 1.807) is 12.1 Å². The molecule has 0 bridgehead atoms. The molecule has 1 aliphatic heterocycles. The first kappa shape index (κ1) is 16.8. The largest absolute Gasteiger partial charge is 0.489 e. The van der Waals surface area contributed by atoms with Crippen LogP contribution in [0.1, 0.15) is 29.0 Å². The Morgan fingerprint density at radius 1 is 1.04 bits per heavy atom. The molecule has 128 valence electrons. The van der Waals surface area contributed by atoms with Gasteiger partial charge < -0.3 is 9.64 Å². The van der Waals surface area contributed by atoms with Crippen molar-refractivity contribution in [2.24, 2.45) is 0 Å². The van der Waals surface area contributed by atoms with Gasteiger partial charge in [0.15, 0.2) is 0 Å². The Bertz CT molecular complexity index is 695. The number of hydrogen-bond donors (Lipinski definition) is 0. The smallest absolute Gasteiger partial charge is 0.416 e. The minimum Gasteiger partial charge on any atom is -0.489 e. The lowest BCUT2D eigenvalue weighted by Crippen LogP contribution is -2.35. The van der Waals surface area contributed by atoms with Gasteiger partial charge in [-0.3, -0.25) is 0 Å².